The molecule has 26 heavy (non-hydrogen) atoms. The van der Waals surface area contributed by atoms with Gasteiger partial charge in [-0.05, 0) is 54.2 Å². The van der Waals surface area contributed by atoms with Crippen LogP contribution in [-0.4, -0.2) is 35.5 Å². The zero-order valence-electron chi connectivity index (χ0n) is 14.8. The van der Waals surface area contributed by atoms with Gasteiger partial charge in [0.25, 0.3) is 0 Å². The van der Waals surface area contributed by atoms with Gasteiger partial charge in [0.15, 0.2) is 0 Å². The van der Waals surface area contributed by atoms with Gasteiger partial charge in [0.2, 0.25) is 0 Å². The molecule has 3 N–H and O–H groups in total. The molecule has 0 bridgehead atoms. The van der Waals surface area contributed by atoms with Crippen molar-refractivity contribution in [3.05, 3.63) is 59.2 Å². The lowest BCUT2D eigenvalue weighted by Gasteiger charge is -2.27. The Balaban J connectivity index is 1.52. The summed E-state index contributed by atoms with van der Waals surface area (Å²) in [5.74, 6) is 3.50. The molecule has 0 radical (unpaired) electrons. The largest absolute Gasteiger partial charge is 0.508 e. The molecule has 0 fully saturated rings. The molecule has 0 aromatic heterocycles. The molecular formula is C22H25NO3. The summed E-state index contributed by atoms with van der Waals surface area (Å²) >= 11 is 0. The number of terminal acetylenes is 1. The fraction of sp³-hybridized carbons (Fsp3) is 0.364. The van der Waals surface area contributed by atoms with Gasteiger partial charge in [-0.3, -0.25) is 0 Å². The van der Waals surface area contributed by atoms with Crippen molar-refractivity contribution in [3.63, 3.8) is 0 Å². The third-order valence-electron chi connectivity index (χ3n) is 4.80. The minimum Gasteiger partial charge on any atom is -0.508 e. The number of nitrogens with one attached hydrogen (secondary N) is 1. The van der Waals surface area contributed by atoms with Crippen molar-refractivity contribution in [2.24, 2.45) is 0 Å². The third-order valence-corrected chi connectivity index (χ3v) is 4.80. The van der Waals surface area contributed by atoms with E-state index in [1.807, 2.05) is 36.4 Å². The van der Waals surface area contributed by atoms with Crippen molar-refractivity contribution in [1.29, 1.82) is 0 Å². The second-order valence-corrected chi connectivity index (χ2v) is 6.76. The maximum atomic E-state index is 10.4. The number of phenols is 1. The van der Waals surface area contributed by atoms with Gasteiger partial charge in [-0.1, -0.05) is 30.2 Å². The zero-order valence-corrected chi connectivity index (χ0v) is 14.8. The summed E-state index contributed by atoms with van der Waals surface area (Å²) in [7, 11) is 0. The van der Waals surface area contributed by atoms with Crippen LogP contribution in [0.4, 0.5) is 0 Å². The Labute approximate surface area is 154 Å². The molecule has 0 saturated carbocycles. The van der Waals surface area contributed by atoms with Crippen LogP contribution in [0.15, 0.2) is 42.5 Å². The van der Waals surface area contributed by atoms with E-state index in [0.29, 0.717) is 24.8 Å². The Morgan fingerprint density at radius 3 is 2.92 bits per heavy atom. The smallest absolute Gasteiger partial charge is 0.148 e. The number of aliphatic hydroxyl groups excluding tert-OH is 1. The van der Waals surface area contributed by atoms with E-state index in [2.05, 4.69) is 11.2 Å². The van der Waals surface area contributed by atoms with Gasteiger partial charge in [-0.25, -0.2) is 0 Å². The summed E-state index contributed by atoms with van der Waals surface area (Å²) < 4.78 is 5.54. The number of benzene rings is 2. The van der Waals surface area contributed by atoms with Crippen LogP contribution in [0.25, 0.3) is 0 Å². The first-order chi connectivity index (χ1) is 12.7. The summed E-state index contributed by atoms with van der Waals surface area (Å²) in [5, 5.41) is 23.5. The first-order valence-electron chi connectivity index (χ1n) is 9.02. The van der Waals surface area contributed by atoms with Gasteiger partial charge in [0, 0.05) is 19.0 Å². The molecule has 0 aliphatic heterocycles. The molecule has 136 valence electrons. The van der Waals surface area contributed by atoms with Gasteiger partial charge in [0.1, 0.15) is 18.1 Å². The number of hydrogen-bond donors (Lipinski definition) is 3. The van der Waals surface area contributed by atoms with Crippen molar-refractivity contribution < 1.29 is 14.9 Å². The lowest BCUT2D eigenvalue weighted by molar-refractivity contribution is 0.164. The fourth-order valence-electron chi connectivity index (χ4n) is 3.48. The van der Waals surface area contributed by atoms with E-state index >= 15 is 0 Å². The Bertz CT molecular complexity index is 781. The average Bonchev–Trinajstić information content (AvgIpc) is 2.65. The molecule has 0 heterocycles. The Hall–Kier alpha value is -2.48. The molecule has 2 unspecified atom stereocenters. The number of hydrogen-bond acceptors (Lipinski definition) is 4. The molecule has 2 aromatic carbocycles. The second kappa shape index (κ2) is 8.75. The molecule has 2 aromatic rings. The van der Waals surface area contributed by atoms with Crippen LogP contribution < -0.4 is 10.1 Å². The molecular weight excluding hydrogens is 326 g/mol. The van der Waals surface area contributed by atoms with E-state index in [1.54, 1.807) is 6.07 Å². The van der Waals surface area contributed by atoms with E-state index in [0.717, 1.165) is 30.6 Å². The SMILES string of the molecule is C#CCOc1ccccc1CC(O)CNC1CCc2ccc(O)cc2C1. The Morgan fingerprint density at radius 2 is 2.08 bits per heavy atom. The van der Waals surface area contributed by atoms with Crippen LogP contribution in [0.3, 0.4) is 0 Å². The molecule has 1 aliphatic carbocycles. The second-order valence-electron chi connectivity index (χ2n) is 6.76. The van der Waals surface area contributed by atoms with Crippen molar-refractivity contribution in [3.8, 4) is 23.8 Å². The van der Waals surface area contributed by atoms with Gasteiger partial charge in [0.05, 0.1) is 6.10 Å². The van der Waals surface area contributed by atoms with E-state index in [4.69, 9.17) is 11.2 Å². The van der Waals surface area contributed by atoms with E-state index in [-0.39, 0.29) is 6.61 Å². The summed E-state index contributed by atoms with van der Waals surface area (Å²) in [5.41, 5.74) is 3.45. The lowest BCUT2D eigenvalue weighted by atomic mass is 9.88. The number of aryl methyl sites for hydroxylation is 1. The van der Waals surface area contributed by atoms with Gasteiger partial charge < -0.3 is 20.3 Å². The van der Waals surface area contributed by atoms with Crippen molar-refractivity contribution in [1.82, 2.24) is 5.32 Å². The third kappa shape index (κ3) is 4.78. The number of para-hydroxylation sites is 1. The average molecular weight is 351 g/mol. The normalized spacial score (nSPS) is 17.2. The zero-order chi connectivity index (χ0) is 18.4. The Kier molecular flexibility index (Phi) is 6.17. The minimum absolute atomic E-state index is 0.222. The van der Waals surface area contributed by atoms with Crippen molar-refractivity contribution >= 4 is 0 Å². The number of aromatic hydroxyl groups is 1. The number of fused-ring (bicyclic) bond motifs is 1. The highest BCUT2D eigenvalue weighted by Crippen LogP contribution is 2.25. The first-order valence-corrected chi connectivity index (χ1v) is 9.02. The molecule has 1 aliphatic rings. The monoisotopic (exact) mass is 351 g/mol. The highest BCUT2D eigenvalue weighted by atomic mass is 16.5. The molecule has 2 atom stereocenters. The lowest BCUT2D eigenvalue weighted by Crippen LogP contribution is -2.39. The predicted molar refractivity (Wildman–Crippen MR) is 102 cm³/mol. The highest BCUT2D eigenvalue weighted by Gasteiger charge is 2.20. The maximum Gasteiger partial charge on any atom is 0.148 e. The van der Waals surface area contributed by atoms with E-state index in [1.165, 1.54) is 11.1 Å². The van der Waals surface area contributed by atoms with Crippen molar-refractivity contribution in [2.75, 3.05) is 13.2 Å². The number of rotatable bonds is 7. The van der Waals surface area contributed by atoms with Gasteiger partial charge in [-0.15, -0.1) is 6.42 Å². The molecule has 0 amide bonds. The summed E-state index contributed by atoms with van der Waals surface area (Å²) in [6.07, 6.45) is 8.16. The predicted octanol–water partition coefficient (Wildman–Crippen LogP) is 2.45. The number of ether oxygens (including phenoxy) is 1. The topological polar surface area (TPSA) is 61.7 Å². The van der Waals surface area contributed by atoms with Crippen LogP contribution in [0, 0.1) is 12.3 Å². The fourth-order valence-corrected chi connectivity index (χ4v) is 3.48. The number of phenolic OH excluding ortho intramolecular Hbond substituents is 1. The minimum atomic E-state index is -0.504. The summed E-state index contributed by atoms with van der Waals surface area (Å²) in [6, 6.07) is 13.6. The quantitative estimate of drug-likeness (QED) is 0.671. The van der Waals surface area contributed by atoms with Crippen molar-refractivity contribution in [2.45, 2.75) is 37.8 Å². The van der Waals surface area contributed by atoms with Crippen LogP contribution in [0.5, 0.6) is 11.5 Å². The van der Waals surface area contributed by atoms with Crippen LogP contribution in [0.1, 0.15) is 23.1 Å². The van der Waals surface area contributed by atoms with Crippen LogP contribution in [-0.2, 0) is 19.3 Å². The van der Waals surface area contributed by atoms with E-state index < -0.39 is 6.10 Å². The van der Waals surface area contributed by atoms with Crippen LogP contribution >= 0.6 is 0 Å². The number of aliphatic hydroxyl groups is 1. The molecule has 0 spiro atoms. The highest BCUT2D eigenvalue weighted by molar-refractivity contribution is 5.37. The van der Waals surface area contributed by atoms with Gasteiger partial charge >= 0.3 is 0 Å². The Morgan fingerprint density at radius 1 is 1.23 bits per heavy atom. The maximum absolute atomic E-state index is 10.4. The summed E-state index contributed by atoms with van der Waals surface area (Å²) in [4.78, 5) is 0. The first kappa shape index (κ1) is 18.3. The molecule has 0 saturated heterocycles. The van der Waals surface area contributed by atoms with E-state index in [9.17, 15) is 10.2 Å². The van der Waals surface area contributed by atoms with Gasteiger partial charge in [-0.2, -0.15) is 0 Å². The molecule has 3 rings (SSSR count). The summed E-state index contributed by atoms with van der Waals surface area (Å²) in [6.45, 7) is 0.738. The van der Waals surface area contributed by atoms with Crippen LogP contribution in [0.2, 0.25) is 0 Å². The molecule has 4 nitrogen and oxygen atoms in total. The standard InChI is InChI=1S/C22H25NO3/c1-2-11-26-22-6-4-3-5-17(22)13-21(25)15-23-19-9-7-16-8-10-20(24)14-18(16)12-19/h1,3-6,8,10,14,19,21,23-25H,7,9,11-13,15H2. The molecule has 4 heteroatoms.